The molecule has 0 fully saturated rings. The van der Waals surface area contributed by atoms with E-state index in [0.29, 0.717) is 0 Å². The fourth-order valence-corrected chi connectivity index (χ4v) is 1.86. The summed E-state index contributed by atoms with van der Waals surface area (Å²) in [6.45, 7) is 1.95. The highest BCUT2D eigenvalue weighted by Crippen LogP contribution is 2.17. The zero-order valence-corrected chi connectivity index (χ0v) is 10.9. The normalized spacial score (nSPS) is 11.9. The lowest BCUT2D eigenvalue weighted by atomic mass is 10.1. The first-order valence-electron chi connectivity index (χ1n) is 6.13. The second kappa shape index (κ2) is 6.22. The summed E-state index contributed by atoms with van der Waals surface area (Å²) in [4.78, 5) is 3.91. The van der Waals surface area contributed by atoms with Crippen LogP contribution in [0.4, 0.5) is 8.78 Å². The quantitative estimate of drug-likeness (QED) is 0.931. The topological polar surface area (TPSA) is 48.7 Å². The minimum absolute atomic E-state index is 0.0223. The molecular weight excluding hydrogens is 260 g/mol. The molecule has 20 heavy (non-hydrogen) atoms. The molecule has 0 amide bonds. The number of nitrogens with one attached hydrogen (secondary N) is 1. The molecular formula is C15H13F2N3. The molecule has 3 nitrogen and oxygen atoms in total. The number of hydrogen-bond donors (Lipinski definition) is 1. The Morgan fingerprint density at radius 1 is 1.25 bits per heavy atom. The zero-order chi connectivity index (χ0) is 14.5. The Kier molecular flexibility index (Phi) is 4.38. The van der Waals surface area contributed by atoms with Crippen LogP contribution in [-0.2, 0) is 6.54 Å². The second-order valence-electron chi connectivity index (χ2n) is 4.41. The first kappa shape index (κ1) is 14.1. The first-order valence-corrected chi connectivity index (χ1v) is 6.13. The van der Waals surface area contributed by atoms with Gasteiger partial charge in [0.15, 0.2) is 0 Å². The van der Waals surface area contributed by atoms with E-state index < -0.39 is 11.6 Å². The summed E-state index contributed by atoms with van der Waals surface area (Å²) in [5.41, 5.74) is 0.894. The van der Waals surface area contributed by atoms with Gasteiger partial charge in [-0.15, -0.1) is 0 Å². The largest absolute Gasteiger partial charge is 0.306 e. The van der Waals surface area contributed by atoms with E-state index in [1.165, 1.54) is 0 Å². The van der Waals surface area contributed by atoms with Crippen molar-refractivity contribution in [1.29, 1.82) is 5.26 Å². The van der Waals surface area contributed by atoms with E-state index in [-0.39, 0.29) is 23.7 Å². The third kappa shape index (κ3) is 3.16. The van der Waals surface area contributed by atoms with Crippen LogP contribution in [0.5, 0.6) is 0 Å². The number of rotatable bonds is 4. The Hall–Kier alpha value is -2.32. The highest BCUT2D eigenvalue weighted by molar-refractivity contribution is 5.34. The second-order valence-corrected chi connectivity index (χ2v) is 4.41. The lowest BCUT2D eigenvalue weighted by molar-refractivity contribution is 0.508. The van der Waals surface area contributed by atoms with Crippen LogP contribution >= 0.6 is 0 Å². The molecule has 0 aliphatic rings. The molecule has 0 bridgehead atoms. The summed E-state index contributed by atoms with van der Waals surface area (Å²) >= 11 is 0. The van der Waals surface area contributed by atoms with E-state index >= 15 is 0 Å². The van der Waals surface area contributed by atoms with Gasteiger partial charge in [0.05, 0.1) is 11.6 Å². The van der Waals surface area contributed by atoms with Crippen LogP contribution in [0.1, 0.15) is 29.7 Å². The molecule has 1 atom stereocenters. The van der Waals surface area contributed by atoms with Gasteiger partial charge >= 0.3 is 0 Å². The molecule has 0 saturated heterocycles. The molecule has 5 heteroatoms. The minimum atomic E-state index is -0.712. The van der Waals surface area contributed by atoms with Crippen LogP contribution < -0.4 is 5.32 Å². The van der Waals surface area contributed by atoms with Crippen LogP contribution in [0, 0.1) is 23.0 Å². The average molecular weight is 273 g/mol. The molecule has 1 N–H and O–H groups in total. The zero-order valence-electron chi connectivity index (χ0n) is 10.9. The monoisotopic (exact) mass is 273 g/mol. The Labute approximate surface area is 115 Å². The molecule has 1 unspecified atom stereocenters. The van der Waals surface area contributed by atoms with Gasteiger partial charge in [-0.1, -0.05) is 0 Å². The van der Waals surface area contributed by atoms with Crippen molar-refractivity contribution >= 4 is 0 Å². The number of nitrogens with zero attached hydrogens (tertiary/aromatic N) is 2. The molecule has 0 saturated carbocycles. The fourth-order valence-electron chi connectivity index (χ4n) is 1.86. The summed E-state index contributed by atoms with van der Waals surface area (Å²) < 4.78 is 27.4. The standard InChI is InChI=1S/C15H13F2N3/c1-10(12-2-4-19-5-3-12)20-9-13-14(16)6-11(8-18)7-15(13)17/h2-7,10,20H,9H2,1H3. The molecule has 0 spiro atoms. The molecule has 2 rings (SSSR count). The van der Waals surface area contributed by atoms with E-state index in [9.17, 15) is 8.78 Å². The molecule has 102 valence electrons. The molecule has 0 aliphatic carbocycles. The van der Waals surface area contributed by atoms with Crippen molar-refractivity contribution in [1.82, 2.24) is 10.3 Å². The van der Waals surface area contributed by atoms with Gasteiger partial charge in [0, 0.05) is 30.5 Å². The van der Waals surface area contributed by atoms with Crippen molar-refractivity contribution in [3.05, 3.63) is 65.0 Å². The van der Waals surface area contributed by atoms with Gasteiger partial charge in [0.25, 0.3) is 0 Å². The third-order valence-electron chi connectivity index (χ3n) is 3.06. The Morgan fingerprint density at radius 2 is 1.85 bits per heavy atom. The number of benzene rings is 1. The van der Waals surface area contributed by atoms with Crippen molar-refractivity contribution in [3.63, 3.8) is 0 Å². The van der Waals surface area contributed by atoms with Crippen LogP contribution in [0.15, 0.2) is 36.7 Å². The van der Waals surface area contributed by atoms with Crippen molar-refractivity contribution in [3.8, 4) is 6.07 Å². The molecule has 1 heterocycles. The molecule has 2 aromatic rings. The Morgan fingerprint density at radius 3 is 2.40 bits per heavy atom. The van der Waals surface area contributed by atoms with E-state index in [0.717, 1.165) is 17.7 Å². The first-order chi connectivity index (χ1) is 9.61. The summed E-state index contributed by atoms with van der Waals surface area (Å²) in [6.07, 6.45) is 3.33. The van der Waals surface area contributed by atoms with Gasteiger partial charge in [0.1, 0.15) is 11.6 Å². The predicted molar refractivity (Wildman–Crippen MR) is 70.6 cm³/mol. The van der Waals surface area contributed by atoms with Gasteiger partial charge in [-0.3, -0.25) is 4.98 Å². The van der Waals surface area contributed by atoms with E-state index in [1.54, 1.807) is 18.5 Å². The highest BCUT2D eigenvalue weighted by Gasteiger charge is 2.12. The van der Waals surface area contributed by atoms with Crippen molar-refractivity contribution < 1.29 is 8.78 Å². The third-order valence-corrected chi connectivity index (χ3v) is 3.06. The smallest absolute Gasteiger partial charge is 0.131 e. The van der Waals surface area contributed by atoms with Crippen LogP contribution in [0.2, 0.25) is 0 Å². The lowest BCUT2D eigenvalue weighted by Crippen LogP contribution is -2.19. The Balaban J connectivity index is 2.10. The SMILES string of the molecule is CC(NCc1c(F)cc(C#N)cc1F)c1ccncc1. The summed E-state index contributed by atoms with van der Waals surface area (Å²) in [5.74, 6) is -1.42. The minimum Gasteiger partial charge on any atom is -0.306 e. The van der Waals surface area contributed by atoms with E-state index in [4.69, 9.17) is 5.26 Å². The molecule has 0 aliphatic heterocycles. The molecule has 1 aromatic carbocycles. The number of pyridine rings is 1. The van der Waals surface area contributed by atoms with E-state index in [2.05, 4.69) is 10.3 Å². The van der Waals surface area contributed by atoms with Crippen LogP contribution in [0.3, 0.4) is 0 Å². The summed E-state index contributed by atoms with van der Waals surface area (Å²) in [5, 5.41) is 11.7. The maximum absolute atomic E-state index is 13.7. The molecule has 0 radical (unpaired) electrons. The van der Waals surface area contributed by atoms with Crippen molar-refractivity contribution in [2.45, 2.75) is 19.5 Å². The summed E-state index contributed by atoms with van der Waals surface area (Å²) in [7, 11) is 0. The average Bonchev–Trinajstić information content (AvgIpc) is 2.46. The number of aromatic nitrogens is 1. The van der Waals surface area contributed by atoms with Crippen LogP contribution in [-0.4, -0.2) is 4.98 Å². The van der Waals surface area contributed by atoms with Crippen molar-refractivity contribution in [2.75, 3.05) is 0 Å². The number of nitriles is 1. The lowest BCUT2D eigenvalue weighted by Gasteiger charge is -2.14. The number of hydrogen-bond acceptors (Lipinski definition) is 3. The maximum Gasteiger partial charge on any atom is 0.131 e. The van der Waals surface area contributed by atoms with Gasteiger partial charge < -0.3 is 5.32 Å². The van der Waals surface area contributed by atoms with Gasteiger partial charge in [-0.2, -0.15) is 5.26 Å². The Bertz CT molecular complexity index is 612. The fraction of sp³-hybridized carbons (Fsp3) is 0.200. The van der Waals surface area contributed by atoms with Crippen molar-refractivity contribution in [2.24, 2.45) is 0 Å². The van der Waals surface area contributed by atoms with Gasteiger partial charge in [0.2, 0.25) is 0 Å². The predicted octanol–water partition coefficient (Wildman–Crippen LogP) is 3.08. The van der Waals surface area contributed by atoms with Gasteiger partial charge in [-0.05, 0) is 36.8 Å². The van der Waals surface area contributed by atoms with Crippen LogP contribution in [0.25, 0.3) is 0 Å². The summed E-state index contributed by atoms with van der Waals surface area (Å²) in [6, 6.07) is 7.41. The van der Waals surface area contributed by atoms with Gasteiger partial charge in [-0.25, -0.2) is 8.78 Å². The number of halogens is 2. The maximum atomic E-state index is 13.7. The highest BCUT2D eigenvalue weighted by atomic mass is 19.1. The van der Waals surface area contributed by atoms with E-state index in [1.807, 2.05) is 19.1 Å². The molecule has 1 aromatic heterocycles.